The van der Waals surface area contributed by atoms with Gasteiger partial charge in [0.25, 0.3) is 0 Å². The zero-order chi connectivity index (χ0) is 12.5. The third kappa shape index (κ3) is 3.62. The van der Waals surface area contributed by atoms with Gasteiger partial charge in [-0.3, -0.25) is 0 Å². The first-order chi connectivity index (χ1) is 7.97. The highest BCUT2D eigenvalue weighted by molar-refractivity contribution is 5.78. The van der Waals surface area contributed by atoms with E-state index in [1.165, 1.54) is 32.1 Å². The number of nitrogens with two attached hydrogens (primary N) is 1. The van der Waals surface area contributed by atoms with Gasteiger partial charge < -0.3 is 10.6 Å². The molecule has 1 unspecified atom stereocenters. The number of likely N-dealkylation sites (tertiary alicyclic amines) is 1. The monoisotopic (exact) mass is 237 g/mol. The van der Waals surface area contributed by atoms with Crippen LogP contribution in [0.3, 0.4) is 0 Å². The summed E-state index contributed by atoms with van der Waals surface area (Å²) in [7, 11) is 0. The van der Waals surface area contributed by atoms with Crippen molar-refractivity contribution in [3.63, 3.8) is 0 Å². The maximum absolute atomic E-state index is 6.09. The molecule has 1 saturated carbocycles. The molecule has 2 rings (SSSR count). The molecule has 1 saturated heterocycles. The van der Waals surface area contributed by atoms with Crippen LogP contribution in [0.2, 0.25) is 0 Å². The average molecular weight is 237 g/mol. The first kappa shape index (κ1) is 12.7. The van der Waals surface area contributed by atoms with Gasteiger partial charge in [-0.2, -0.15) is 0 Å². The number of rotatable bonds is 1. The van der Waals surface area contributed by atoms with Crippen molar-refractivity contribution in [3.05, 3.63) is 0 Å². The van der Waals surface area contributed by atoms with Crippen LogP contribution in [0.25, 0.3) is 0 Å². The lowest BCUT2D eigenvalue weighted by molar-refractivity contribution is 0.216. The lowest BCUT2D eigenvalue weighted by atomic mass is 9.77. The molecule has 0 radical (unpaired) electrons. The molecule has 1 aliphatic carbocycles. The molecule has 0 aromatic rings. The van der Waals surface area contributed by atoms with Crippen molar-refractivity contribution in [1.29, 1.82) is 0 Å². The largest absolute Gasteiger partial charge is 0.370 e. The Labute approximate surface area is 105 Å². The molecule has 3 heteroatoms. The maximum Gasteiger partial charge on any atom is 0.191 e. The van der Waals surface area contributed by atoms with E-state index >= 15 is 0 Å². The molecular weight excluding hydrogens is 210 g/mol. The summed E-state index contributed by atoms with van der Waals surface area (Å²) >= 11 is 0. The van der Waals surface area contributed by atoms with Crippen molar-refractivity contribution in [2.75, 3.05) is 13.1 Å². The van der Waals surface area contributed by atoms with Gasteiger partial charge >= 0.3 is 0 Å². The minimum absolute atomic E-state index is 0.429. The Hall–Kier alpha value is -0.730. The van der Waals surface area contributed by atoms with Crippen molar-refractivity contribution >= 4 is 5.96 Å². The average Bonchev–Trinajstić information content (AvgIpc) is 2.99. The summed E-state index contributed by atoms with van der Waals surface area (Å²) in [5.74, 6) is 1.61. The summed E-state index contributed by atoms with van der Waals surface area (Å²) < 4.78 is 0. The number of hydrogen-bond donors (Lipinski definition) is 1. The van der Waals surface area contributed by atoms with Gasteiger partial charge in [-0.25, -0.2) is 4.99 Å². The molecule has 98 valence electrons. The van der Waals surface area contributed by atoms with Crippen molar-refractivity contribution in [1.82, 2.24) is 4.90 Å². The van der Waals surface area contributed by atoms with Gasteiger partial charge in [0.05, 0.1) is 6.04 Å². The highest BCUT2D eigenvalue weighted by atomic mass is 15.3. The molecular formula is C14H27N3. The van der Waals surface area contributed by atoms with Gasteiger partial charge in [0.1, 0.15) is 0 Å². The molecule has 0 spiro atoms. The predicted octanol–water partition coefficient (Wildman–Crippen LogP) is 2.61. The quantitative estimate of drug-likeness (QED) is 0.562. The van der Waals surface area contributed by atoms with Gasteiger partial charge in [-0.05, 0) is 43.4 Å². The molecule has 0 bridgehead atoms. The Morgan fingerprint density at radius 1 is 1.12 bits per heavy atom. The Morgan fingerprint density at radius 3 is 2.41 bits per heavy atom. The molecule has 2 N–H and O–H groups in total. The van der Waals surface area contributed by atoms with Gasteiger partial charge in [-0.1, -0.05) is 20.8 Å². The lowest BCUT2D eigenvalue weighted by Crippen LogP contribution is -2.38. The second kappa shape index (κ2) is 4.87. The Balaban J connectivity index is 1.91. The van der Waals surface area contributed by atoms with Gasteiger partial charge in [-0.15, -0.1) is 0 Å². The van der Waals surface area contributed by atoms with Crippen molar-refractivity contribution < 1.29 is 0 Å². The molecule has 1 aliphatic heterocycles. The smallest absolute Gasteiger partial charge is 0.191 e. The van der Waals surface area contributed by atoms with Gasteiger partial charge in [0.2, 0.25) is 0 Å². The number of aliphatic imine (C=N–C) groups is 1. The zero-order valence-corrected chi connectivity index (χ0v) is 11.6. The third-order valence-electron chi connectivity index (χ3n) is 4.14. The van der Waals surface area contributed by atoms with Crippen LogP contribution in [0.1, 0.15) is 52.9 Å². The van der Waals surface area contributed by atoms with E-state index in [1.54, 1.807) is 0 Å². The standard InChI is InChI=1S/C14H27N3/c1-14(2,3)11-5-4-9-17(10-8-11)13(15)16-12-6-7-12/h11-12H,4-10H2,1-3H3,(H2,15,16). The summed E-state index contributed by atoms with van der Waals surface area (Å²) in [5, 5.41) is 0. The molecule has 0 aromatic carbocycles. The maximum atomic E-state index is 6.09. The second-order valence-corrected chi connectivity index (χ2v) is 6.70. The minimum atomic E-state index is 0.429. The first-order valence-corrected chi connectivity index (χ1v) is 7.05. The van der Waals surface area contributed by atoms with E-state index in [0.29, 0.717) is 11.5 Å². The molecule has 2 fully saturated rings. The first-order valence-electron chi connectivity index (χ1n) is 7.05. The van der Waals surface area contributed by atoms with Crippen molar-refractivity contribution in [3.8, 4) is 0 Å². The van der Waals surface area contributed by atoms with Crippen LogP contribution >= 0.6 is 0 Å². The van der Waals surface area contributed by atoms with E-state index in [1.807, 2.05) is 0 Å². The molecule has 1 heterocycles. The van der Waals surface area contributed by atoms with E-state index in [9.17, 15) is 0 Å². The van der Waals surface area contributed by atoms with Crippen LogP contribution in [0.15, 0.2) is 4.99 Å². The van der Waals surface area contributed by atoms with Crippen molar-refractivity contribution in [2.45, 2.75) is 58.9 Å². The SMILES string of the molecule is CC(C)(C)C1CCCN(C(N)=NC2CC2)CC1. The highest BCUT2D eigenvalue weighted by Gasteiger charge is 2.28. The highest BCUT2D eigenvalue weighted by Crippen LogP contribution is 2.34. The van der Waals surface area contributed by atoms with E-state index < -0.39 is 0 Å². The van der Waals surface area contributed by atoms with Crippen molar-refractivity contribution in [2.24, 2.45) is 22.1 Å². The van der Waals surface area contributed by atoms with E-state index in [0.717, 1.165) is 25.0 Å². The molecule has 2 aliphatic rings. The summed E-state index contributed by atoms with van der Waals surface area (Å²) in [6.07, 6.45) is 6.31. The van der Waals surface area contributed by atoms with Crippen LogP contribution in [0, 0.1) is 11.3 Å². The molecule has 3 nitrogen and oxygen atoms in total. The minimum Gasteiger partial charge on any atom is -0.370 e. The second-order valence-electron chi connectivity index (χ2n) is 6.70. The van der Waals surface area contributed by atoms with E-state index in [4.69, 9.17) is 5.73 Å². The van der Waals surface area contributed by atoms with Crippen LogP contribution < -0.4 is 5.73 Å². The lowest BCUT2D eigenvalue weighted by Gasteiger charge is -2.29. The Morgan fingerprint density at radius 2 is 1.82 bits per heavy atom. The van der Waals surface area contributed by atoms with Gasteiger partial charge in [0.15, 0.2) is 5.96 Å². The normalized spacial score (nSPS) is 28.1. The number of guanidine groups is 1. The van der Waals surface area contributed by atoms with E-state index in [2.05, 4.69) is 30.7 Å². The summed E-state index contributed by atoms with van der Waals surface area (Å²) in [5.41, 5.74) is 6.52. The molecule has 0 aromatic heterocycles. The van der Waals surface area contributed by atoms with Crippen LogP contribution in [0.5, 0.6) is 0 Å². The van der Waals surface area contributed by atoms with Crippen LogP contribution in [-0.4, -0.2) is 30.0 Å². The number of hydrogen-bond acceptors (Lipinski definition) is 1. The molecule has 1 atom stereocenters. The fourth-order valence-electron chi connectivity index (χ4n) is 2.66. The fourth-order valence-corrected chi connectivity index (χ4v) is 2.66. The van der Waals surface area contributed by atoms with Crippen LogP contribution in [0.4, 0.5) is 0 Å². The fraction of sp³-hybridized carbons (Fsp3) is 0.929. The molecule has 17 heavy (non-hydrogen) atoms. The Bertz CT molecular complexity index is 286. The molecule has 0 amide bonds. The zero-order valence-electron chi connectivity index (χ0n) is 11.6. The predicted molar refractivity (Wildman–Crippen MR) is 73.0 cm³/mol. The van der Waals surface area contributed by atoms with Gasteiger partial charge in [0, 0.05) is 13.1 Å². The summed E-state index contributed by atoms with van der Waals surface area (Å²) in [4.78, 5) is 6.86. The summed E-state index contributed by atoms with van der Waals surface area (Å²) in [6, 6.07) is 0.539. The number of nitrogens with zero attached hydrogens (tertiary/aromatic N) is 2. The third-order valence-corrected chi connectivity index (χ3v) is 4.14. The van der Waals surface area contributed by atoms with E-state index in [-0.39, 0.29) is 0 Å². The van der Waals surface area contributed by atoms with Crippen LogP contribution in [-0.2, 0) is 0 Å². The topological polar surface area (TPSA) is 41.6 Å². The Kier molecular flexibility index (Phi) is 3.64. The summed E-state index contributed by atoms with van der Waals surface area (Å²) in [6.45, 7) is 9.25.